The van der Waals surface area contributed by atoms with E-state index in [0.29, 0.717) is 0 Å². The van der Waals surface area contributed by atoms with Crippen LogP contribution < -0.4 is 10.7 Å². The van der Waals surface area contributed by atoms with Crippen molar-refractivity contribution in [3.63, 3.8) is 0 Å². The van der Waals surface area contributed by atoms with Crippen LogP contribution in [0.4, 0.5) is 5.69 Å². The molecule has 25 heavy (non-hydrogen) atoms. The molecule has 0 unspecified atom stereocenters. The molecule has 1 amide bonds. The molecule has 0 spiro atoms. The highest BCUT2D eigenvalue weighted by molar-refractivity contribution is 5.96. The summed E-state index contributed by atoms with van der Waals surface area (Å²) < 4.78 is 0. The van der Waals surface area contributed by atoms with Gasteiger partial charge in [-0.2, -0.15) is 5.10 Å². The van der Waals surface area contributed by atoms with Crippen molar-refractivity contribution in [3.8, 4) is 5.75 Å². The highest BCUT2D eigenvalue weighted by atomic mass is 16.3. The van der Waals surface area contributed by atoms with E-state index in [0.717, 1.165) is 22.0 Å². The number of hydrogen-bond acceptors (Lipinski definition) is 4. The molecule has 0 aliphatic carbocycles. The highest BCUT2D eigenvalue weighted by Crippen LogP contribution is 2.23. The van der Waals surface area contributed by atoms with Gasteiger partial charge in [-0.05, 0) is 48.2 Å². The highest BCUT2D eigenvalue weighted by Gasteiger charge is 2.12. The number of hydrazone groups is 1. The van der Waals surface area contributed by atoms with Gasteiger partial charge in [0.15, 0.2) is 0 Å². The maximum atomic E-state index is 12.2. The van der Waals surface area contributed by atoms with Gasteiger partial charge >= 0.3 is 0 Å². The van der Waals surface area contributed by atoms with Crippen molar-refractivity contribution < 1.29 is 9.90 Å². The van der Waals surface area contributed by atoms with Crippen LogP contribution in [0.1, 0.15) is 12.5 Å². The van der Waals surface area contributed by atoms with Gasteiger partial charge in [0.1, 0.15) is 11.8 Å². The summed E-state index contributed by atoms with van der Waals surface area (Å²) in [7, 11) is 0. The van der Waals surface area contributed by atoms with E-state index in [-0.39, 0.29) is 11.7 Å². The topological polar surface area (TPSA) is 73.7 Å². The third-order valence-corrected chi connectivity index (χ3v) is 3.84. The number of hydrogen-bond donors (Lipinski definition) is 3. The van der Waals surface area contributed by atoms with Crippen molar-refractivity contribution in [2.24, 2.45) is 5.10 Å². The molecular formula is C20H19N3O2. The van der Waals surface area contributed by atoms with E-state index in [1.54, 1.807) is 31.2 Å². The molecule has 0 saturated carbocycles. The Morgan fingerprint density at radius 3 is 2.56 bits per heavy atom. The minimum atomic E-state index is -0.442. The molecule has 3 aromatic rings. The SMILES string of the molecule is C[C@H](Nc1cccc2ccccc12)C(=O)N/N=C\c1ccc(O)cc1. The number of benzene rings is 3. The fourth-order valence-corrected chi connectivity index (χ4v) is 2.48. The summed E-state index contributed by atoms with van der Waals surface area (Å²) in [6, 6.07) is 20.1. The van der Waals surface area contributed by atoms with Crippen LogP contribution in [0.3, 0.4) is 0 Å². The van der Waals surface area contributed by atoms with Gasteiger partial charge in [0.05, 0.1) is 6.21 Å². The largest absolute Gasteiger partial charge is 0.508 e. The predicted molar refractivity (Wildman–Crippen MR) is 101 cm³/mol. The first-order valence-electron chi connectivity index (χ1n) is 8.00. The molecular weight excluding hydrogens is 314 g/mol. The predicted octanol–water partition coefficient (Wildman–Crippen LogP) is 3.50. The average molecular weight is 333 g/mol. The van der Waals surface area contributed by atoms with Gasteiger partial charge in [0.25, 0.3) is 5.91 Å². The van der Waals surface area contributed by atoms with E-state index in [9.17, 15) is 9.90 Å². The Morgan fingerprint density at radius 2 is 1.76 bits per heavy atom. The van der Waals surface area contributed by atoms with Crippen molar-refractivity contribution >= 4 is 28.6 Å². The van der Waals surface area contributed by atoms with Gasteiger partial charge in [0, 0.05) is 11.1 Å². The number of carbonyl (C=O) groups is 1. The van der Waals surface area contributed by atoms with Crippen LogP contribution in [0.5, 0.6) is 5.75 Å². The summed E-state index contributed by atoms with van der Waals surface area (Å²) in [4.78, 5) is 12.2. The van der Waals surface area contributed by atoms with Gasteiger partial charge in [-0.15, -0.1) is 0 Å². The van der Waals surface area contributed by atoms with Crippen molar-refractivity contribution in [1.82, 2.24) is 5.43 Å². The molecule has 0 saturated heterocycles. The third-order valence-electron chi connectivity index (χ3n) is 3.84. The van der Waals surface area contributed by atoms with Crippen molar-refractivity contribution in [1.29, 1.82) is 0 Å². The molecule has 0 heterocycles. The normalized spacial score (nSPS) is 12.2. The van der Waals surface area contributed by atoms with E-state index >= 15 is 0 Å². The number of aromatic hydroxyl groups is 1. The molecule has 3 rings (SSSR count). The van der Waals surface area contributed by atoms with Crippen LogP contribution in [0, 0.1) is 0 Å². The van der Waals surface area contributed by atoms with E-state index in [2.05, 4.69) is 15.8 Å². The molecule has 0 aliphatic heterocycles. The lowest BCUT2D eigenvalue weighted by Gasteiger charge is -2.15. The van der Waals surface area contributed by atoms with Gasteiger partial charge in [0.2, 0.25) is 0 Å². The van der Waals surface area contributed by atoms with Crippen LogP contribution in [0.15, 0.2) is 71.8 Å². The Kier molecular flexibility index (Phi) is 4.95. The molecule has 0 bridgehead atoms. The summed E-state index contributed by atoms with van der Waals surface area (Å²) in [5.74, 6) is -0.0444. The number of phenolic OH excluding ortho intramolecular Hbond substituents is 1. The molecule has 5 nitrogen and oxygen atoms in total. The molecule has 3 aromatic carbocycles. The van der Waals surface area contributed by atoms with Gasteiger partial charge in [-0.1, -0.05) is 36.4 Å². The Bertz CT molecular complexity index is 899. The maximum absolute atomic E-state index is 12.2. The maximum Gasteiger partial charge on any atom is 0.262 e. The Labute approximate surface area is 146 Å². The fourth-order valence-electron chi connectivity index (χ4n) is 2.48. The first kappa shape index (κ1) is 16.5. The summed E-state index contributed by atoms with van der Waals surface area (Å²) in [6.45, 7) is 1.78. The number of rotatable bonds is 5. The molecule has 1 atom stereocenters. The van der Waals surface area contributed by atoms with E-state index < -0.39 is 6.04 Å². The molecule has 0 radical (unpaired) electrons. The monoisotopic (exact) mass is 333 g/mol. The zero-order valence-corrected chi connectivity index (χ0v) is 13.8. The van der Waals surface area contributed by atoms with Crippen molar-refractivity contribution in [2.45, 2.75) is 13.0 Å². The van der Waals surface area contributed by atoms with Gasteiger partial charge in [-0.3, -0.25) is 4.79 Å². The minimum absolute atomic E-state index is 0.189. The van der Waals surface area contributed by atoms with Crippen molar-refractivity contribution in [2.75, 3.05) is 5.32 Å². The molecule has 0 fully saturated rings. The number of nitrogens with zero attached hydrogens (tertiary/aromatic N) is 1. The van der Waals surface area contributed by atoms with Crippen LogP contribution in [0.25, 0.3) is 10.8 Å². The lowest BCUT2D eigenvalue weighted by Crippen LogP contribution is -2.34. The van der Waals surface area contributed by atoms with E-state index in [1.807, 2.05) is 42.5 Å². The smallest absolute Gasteiger partial charge is 0.262 e. The number of fused-ring (bicyclic) bond motifs is 1. The zero-order valence-electron chi connectivity index (χ0n) is 13.8. The average Bonchev–Trinajstić information content (AvgIpc) is 2.63. The lowest BCUT2D eigenvalue weighted by molar-refractivity contribution is -0.121. The summed E-state index contributed by atoms with van der Waals surface area (Å²) in [6.07, 6.45) is 1.53. The number of amides is 1. The summed E-state index contributed by atoms with van der Waals surface area (Å²) >= 11 is 0. The fraction of sp³-hybridized carbons (Fsp3) is 0.100. The van der Waals surface area contributed by atoms with Crippen LogP contribution in [0.2, 0.25) is 0 Å². The Hall–Kier alpha value is -3.34. The lowest BCUT2D eigenvalue weighted by atomic mass is 10.1. The second kappa shape index (κ2) is 7.49. The number of phenols is 1. The minimum Gasteiger partial charge on any atom is -0.508 e. The number of carbonyl (C=O) groups excluding carboxylic acids is 1. The number of nitrogens with one attached hydrogen (secondary N) is 2. The van der Waals surface area contributed by atoms with Crippen molar-refractivity contribution in [3.05, 3.63) is 72.3 Å². The van der Waals surface area contributed by atoms with Crippen LogP contribution in [-0.2, 0) is 4.79 Å². The number of anilines is 1. The first-order valence-corrected chi connectivity index (χ1v) is 8.00. The van der Waals surface area contributed by atoms with Crippen LogP contribution in [-0.4, -0.2) is 23.3 Å². The Morgan fingerprint density at radius 1 is 1.04 bits per heavy atom. The quantitative estimate of drug-likeness (QED) is 0.494. The second-order valence-electron chi connectivity index (χ2n) is 5.72. The molecule has 126 valence electrons. The van der Waals surface area contributed by atoms with Crippen LogP contribution >= 0.6 is 0 Å². The zero-order chi connectivity index (χ0) is 17.6. The summed E-state index contributed by atoms with van der Waals surface area (Å²) in [5.41, 5.74) is 4.21. The molecule has 3 N–H and O–H groups in total. The molecule has 0 aromatic heterocycles. The first-order chi connectivity index (χ1) is 12.1. The third kappa shape index (κ3) is 4.14. The standard InChI is InChI=1S/C20H19N3O2/c1-14(20(25)23-21-13-15-9-11-17(24)12-10-15)22-19-8-4-6-16-5-2-3-7-18(16)19/h2-14,22,24H,1H3,(H,23,25)/b21-13-/t14-/m0/s1. The molecule has 0 aliphatic rings. The van der Waals surface area contributed by atoms with E-state index in [1.165, 1.54) is 6.21 Å². The van der Waals surface area contributed by atoms with E-state index in [4.69, 9.17) is 0 Å². The second-order valence-corrected chi connectivity index (χ2v) is 5.72. The van der Waals surface area contributed by atoms with Gasteiger partial charge in [-0.25, -0.2) is 5.43 Å². The molecule has 5 heteroatoms. The Balaban J connectivity index is 1.63. The van der Waals surface area contributed by atoms with Gasteiger partial charge < -0.3 is 10.4 Å². The summed E-state index contributed by atoms with van der Waals surface area (Å²) in [5, 5.41) is 18.6.